The lowest BCUT2D eigenvalue weighted by atomic mass is 9.49. The fourth-order valence-corrected chi connectivity index (χ4v) is 6.65. The molecule has 0 spiro atoms. The van der Waals surface area contributed by atoms with Gasteiger partial charge in [0.25, 0.3) is 0 Å². The normalized spacial score (nSPS) is 30.4. The number of likely N-dealkylation sites (tertiary alicyclic amines) is 1. The lowest BCUT2D eigenvalue weighted by Crippen LogP contribution is -2.74. The molecule has 3 N–H and O–H groups in total. The molecule has 31 heavy (non-hydrogen) atoms. The van der Waals surface area contributed by atoms with Crippen molar-refractivity contribution in [3.05, 3.63) is 70.9 Å². The van der Waals surface area contributed by atoms with E-state index in [4.69, 9.17) is 4.98 Å². The Kier molecular flexibility index (Phi) is 4.04. The predicted molar refractivity (Wildman–Crippen MR) is 119 cm³/mol. The quantitative estimate of drug-likeness (QED) is 0.599. The number of piperidine rings is 1. The van der Waals surface area contributed by atoms with Crippen molar-refractivity contribution in [3.8, 4) is 5.75 Å². The smallest absolute Gasteiger partial charge is 0.115 e. The molecule has 3 aromatic rings. The van der Waals surface area contributed by atoms with Gasteiger partial charge in [-0.25, -0.2) is 0 Å². The van der Waals surface area contributed by atoms with Crippen molar-refractivity contribution >= 4 is 10.9 Å². The highest BCUT2D eigenvalue weighted by molar-refractivity contribution is 5.79. The van der Waals surface area contributed by atoms with Crippen LogP contribution in [0.5, 0.6) is 5.75 Å². The van der Waals surface area contributed by atoms with E-state index in [0.717, 1.165) is 47.1 Å². The molecule has 1 saturated heterocycles. The average Bonchev–Trinajstić information content (AvgIpc) is 2.73. The zero-order valence-electron chi connectivity index (χ0n) is 17.8. The number of aliphatic hydroxyl groups excluding tert-OH is 1. The Balaban J connectivity index is 1.57. The molecule has 4 atom stereocenters. The predicted octanol–water partition coefficient (Wildman–Crippen LogP) is 2.72. The van der Waals surface area contributed by atoms with Gasteiger partial charge in [0.1, 0.15) is 5.75 Å². The molecule has 6 rings (SSSR count). The number of aromatic nitrogens is 1. The number of pyridine rings is 1. The van der Waals surface area contributed by atoms with Crippen molar-refractivity contribution in [2.75, 3.05) is 13.1 Å². The van der Waals surface area contributed by atoms with Crippen molar-refractivity contribution in [2.24, 2.45) is 0 Å². The topological polar surface area (TPSA) is 76.8 Å². The largest absolute Gasteiger partial charge is 0.508 e. The highest BCUT2D eigenvalue weighted by Crippen LogP contribution is 2.57. The zero-order valence-corrected chi connectivity index (χ0v) is 17.8. The molecule has 3 aliphatic rings. The Bertz CT molecular complexity index is 1190. The van der Waals surface area contributed by atoms with Gasteiger partial charge in [0.2, 0.25) is 0 Å². The lowest BCUT2D eigenvalue weighted by Gasteiger charge is -2.63. The summed E-state index contributed by atoms with van der Waals surface area (Å²) in [6.45, 7) is 3.18. The fraction of sp³-hybridized carbons (Fsp3) is 0.423. The molecule has 1 fully saturated rings. The minimum absolute atomic E-state index is 0.0764. The summed E-state index contributed by atoms with van der Waals surface area (Å²) in [5, 5.41) is 34.0. The summed E-state index contributed by atoms with van der Waals surface area (Å²) in [6, 6.07) is 15.9. The fourth-order valence-electron chi connectivity index (χ4n) is 6.65. The number of β-amino-alcohol motifs (C(OH)–C–C–N with tert-alkyl or cyclic N) is 1. The van der Waals surface area contributed by atoms with Gasteiger partial charge in [0, 0.05) is 41.9 Å². The first-order chi connectivity index (χ1) is 14.9. The van der Waals surface area contributed by atoms with Gasteiger partial charge in [-0.3, -0.25) is 9.88 Å². The van der Waals surface area contributed by atoms with Crippen LogP contribution in [0, 0.1) is 0 Å². The standard InChI is InChI=1S/C26H28N2O3/c1-16(29)15-28-9-8-25-14-23-19(10-18-4-2-3-5-22(18)27-23)13-26(25,31)24(28)11-17-6-7-20(30)12-21(17)25/h2-7,10,12,16,24,29-31H,8-9,11,13-15H2,1H3/t16-,24+,25+,26+/m0/s1. The highest BCUT2D eigenvalue weighted by Gasteiger charge is 2.64. The second-order valence-corrected chi connectivity index (χ2v) is 9.80. The number of hydrogen-bond acceptors (Lipinski definition) is 5. The Hall–Kier alpha value is -2.47. The molecule has 2 heterocycles. The minimum Gasteiger partial charge on any atom is -0.508 e. The number of aliphatic hydroxyl groups is 2. The number of aromatic hydroxyl groups is 1. The van der Waals surface area contributed by atoms with Crippen LogP contribution >= 0.6 is 0 Å². The number of phenols is 1. The molecule has 0 unspecified atom stereocenters. The number of phenolic OH excluding ortho intramolecular Hbond substituents is 1. The number of nitrogens with zero attached hydrogens (tertiary/aromatic N) is 2. The summed E-state index contributed by atoms with van der Waals surface area (Å²) in [4.78, 5) is 7.29. The third kappa shape index (κ3) is 2.63. The van der Waals surface area contributed by atoms with Crippen LogP contribution in [0.1, 0.15) is 35.7 Å². The van der Waals surface area contributed by atoms with Gasteiger partial charge in [-0.05, 0) is 67.3 Å². The Morgan fingerprint density at radius 1 is 1.13 bits per heavy atom. The van der Waals surface area contributed by atoms with E-state index in [0.29, 0.717) is 19.4 Å². The van der Waals surface area contributed by atoms with Crippen molar-refractivity contribution in [1.29, 1.82) is 0 Å². The summed E-state index contributed by atoms with van der Waals surface area (Å²) in [5.41, 5.74) is 3.96. The molecule has 0 radical (unpaired) electrons. The van der Waals surface area contributed by atoms with Gasteiger partial charge in [0.05, 0.1) is 17.2 Å². The molecule has 160 valence electrons. The molecule has 0 saturated carbocycles. The first-order valence-electron chi connectivity index (χ1n) is 11.2. The van der Waals surface area contributed by atoms with Gasteiger partial charge in [0.15, 0.2) is 0 Å². The van der Waals surface area contributed by atoms with E-state index in [9.17, 15) is 15.3 Å². The second-order valence-electron chi connectivity index (χ2n) is 9.80. The van der Waals surface area contributed by atoms with E-state index >= 15 is 0 Å². The number of rotatable bonds is 2. The Morgan fingerprint density at radius 2 is 1.97 bits per heavy atom. The molecule has 1 aliphatic heterocycles. The van der Waals surface area contributed by atoms with Crippen LogP contribution < -0.4 is 0 Å². The van der Waals surface area contributed by atoms with Crippen LogP contribution in [0.4, 0.5) is 0 Å². The lowest BCUT2D eigenvalue weighted by molar-refractivity contribution is -0.155. The molecule has 0 amide bonds. The maximum Gasteiger partial charge on any atom is 0.115 e. The minimum atomic E-state index is -0.974. The maximum atomic E-state index is 12.5. The third-order valence-electron chi connectivity index (χ3n) is 7.99. The summed E-state index contributed by atoms with van der Waals surface area (Å²) in [5.74, 6) is 0.248. The summed E-state index contributed by atoms with van der Waals surface area (Å²) in [6.07, 6.45) is 2.25. The molecule has 1 aromatic heterocycles. The molecule has 2 aliphatic carbocycles. The van der Waals surface area contributed by atoms with E-state index < -0.39 is 17.1 Å². The van der Waals surface area contributed by atoms with E-state index in [1.807, 2.05) is 37.3 Å². The van der Waals surface area contributed by atoms with Crippen molar-refractivity contribution in [3.63, 3.8) is 0 Å². The summed E-state index contributed by atoms with van der Waals surface area (Å²) < 4.78 is 0. The van der Waals surface area contributed by atoms with Gasteiger partial charge < -0.3 is 15.3 Å². The third-order valence-corrected chi connectivity index (χ3v) is 7.99. The SMILES string of the molecule is C[C@H](O)CN1CC[C@]23Cc4nc5ccccc5cc4C[C@@]2(O)[C@H]1Cc1ccc(O)cc13. The van der Waals surface area contributed by atoms with Crippen molar-refractivity contribution in [1.82, 2.24) is 9.88 Å². The zero-order chi connectivity index (χ0) is 21.4. The average molecular weight is 417 g/mol. The number of fused-ring (bicyclic) bond motifs is 3. The second kappa shape index (κ2) is 6.52. The van der Waals surface area contributed by atoms with E-state index in [-0.39, 0.29) is 11.8 Å². The van der Waals surface area contributed by atoms with Crippen LogP contribution in [-0.2, 0) is 24.7 Å². The maximum absolute atomic E-state index is 12.5. The molecule has 5 heteroatoms. The Morgan fingerprint density at radius 3 is 2.81 bits per heavy atom. The van der Waals surface area contributed by atoms with Gasteiger partial charge in [-0.1, -0.05) is 24.3 Å². The van der Waals surface area contributed by atoms with Crippen LogP contribution in [0.15, 0.2) is 48.5 Å². The van der Waals surface area contributed by atoms with Gasteiger partial charge in [-0.2, -0.15) is 0 Å². The molecular formula is C26H28N2O3. The van der Waals surface area contributed by atoms with Crippen LogP contribution in [-0.4, -0.2) is 56.0 Å². The Labute approximate surface area is 182 Å². The van der Waals surface area contributed by atoms with Crippen LogP contribution in [0.25, 0.3) is 10.9 Å². The first kappa shape index (κ1) is 19.2. The van der Waals surface area contributed by atoms with Crippen molar-refractivity contribution < 1.29 is 15.3 Å². The summed E-state index contributed by atoms with van der Waals surface area (Å²) >= 11 is 0. The molecule has 5 nitrogen and oxygen atoms in total. The van der Waals surface area contributed by atoms with E-state index in [1.165, 1.54) is 5.56 Å². The molecular weight excluding hydrogens is 388 g/mol. The number of benzene rings is 2. The number of hydrogen-bond donors (Lipinski definition) is 3. The molecule has 2 bridgehead atoms. The van der Waals surface area contributed by atoms with Crippen LogP contribution in [0.2, 0.25) is 0 Å². The van der Waals surface area contributed by atoms with Gasteiger partial charge >= 0.3 is 0 Å². The van der Waals surface area contributed by atoms with E-state index in [2.05, 4.69) is 17.0 Å². The number of para-hydroxylation sites is 1. The highest BCUT2D eigenvalue weighted by atomic mass is 16.3. The molecule has 2 aromatic carbocycles. The van der Waals surface area contributed by atoms with Gasteiger partial charge in [-0.15, -0.1) is 0 Å². The van der Waals surface area contributed by atoms with E-state index in [1.54, 1.807) is 6.07 Å². The first-order valence-corrected chi connectivity index (χ1v) is 11.2. The van der Waals surface area contributed by atoms with Crippen LogP contribution in [0.3, 0.4) is 0 Å². The summed E-state index contributed by atoms with van der Waals surface area (Å²) in [7, 11) is 0. The monoisotopic (exact) mass is 416 g/mol. The van der Waals surface area contributed by atoms with Crippen molar-refractivity contribution in [2.45, 2.75) is 55.8 Å².